The SMILES string of the molecule is Cc1ccc(-n2c(C)cc(/C=C3/C(=N)N4N=C(N5CCCC5)SC4=NC3=O)c2C)c(C)c1. The highest BCUT2D eigenvalue weighted by atomic mass is 32.2. The maximum Gasteiger partial charge on any atom is 0.283 e. The third kappa shape index (κ3) is 3.39. The van der Waals surface area contributed by atoms with Gasteiger partial charge in [-0.15, -0.1) is 5.10 Å². The van der Waals surface area contributed by atoms with Crippen molar-refractivity contribution in [3.8, 4) is 5.69 Å². The number of hydrogen-bond donors (Lipinski definition) is 1. The molecule has 0 saturated carbocycles. The summed E-state index contributed by atoms with van der Waals surface area (Å²) in [5.74, 6) is -0.305. The minimum absolute atomic E-state index is 0.0815. The van der Waals surface area contributed by atoms with E-state index in [0.29, 0.717) is 5.17 Å². The number of aromatic nitrogens is 1. The first kappa shape index (κ1) is 20.8. The normalized spacial score (nSPS) is 19.7. The molecule has 0 bridgehead atoms. The molecule has 7 nitrogen and oxygen atoms in total. The van der Waals surface area contributed by atoms with Crippen molar-refractivity contribution in [1.29, 1.82) is 5.41 Å². The zero-order chi connectivity index (χ0) is 22.6. The Morgan fingerprint density at radius 1 is 1.06 bits per heavy atom. The summed E-state index contributed by atoms with van der Waals surface area (Å²) in [5, 5.41) is 16.1. The largest absolute Gasteiger partial charge is 0.349 e. The van der Waals surface area contributed by atoms with Crippen molar-refractivity contribution in [2.75, 3.05) is 13.1 Å². The van der Waals surface area contributed by atoms with Gasteiger partial charge in [0.05, 0.1) is 5.57 Å². The average Bonchev–Trinajstić information content (AvgIpc) is 3.46. The van der Waals surface area contributed by atoms with E-state index in [1.165, 1.54) is 27.9 Å². The van der Waals surface area contributed by atoms with Gasteiger partial charge in [-0.2, -0.15) is 10.0 Å². The van der Waals surface area contributed by atoms with Crippen molar-refractivity contribution in [2.24, 2.45) is 10.1 Å². The van der Waals surface area contributed by atoms with E-state index in [1.807, 2.05) is 6.92 Å². The van der Waals surface area contributed by atoms with E-state index < -0.39 is 0 Å². The first-order valence-corrected chi connectivity index (χ1v) is 11.7. The third-order valence-electron chi connectivity index (χ3n) is 6.18. The Labute approximate surface area is 192 Å². The highest BCUT2D eigenvalue weighted by molar-refractivity contribution is 8.26. The van der Waals surface area contributed by atoms with E-state index in [9.17, 15) is 4.79 Å². The van der Waals surface area contributed by atoms with Gasteiger partial charge in [-0.1, -0.05) is 17.7 Å². The summed E-state index contributed by atoms with van der Waals surface area (Å²) in [7, 11) is 0. The molecule has 0 aliphatic carbocycles. The van der Waals surface area contributed by atoms with Crippen molar-refractivity contribution >= 4 is 39.9 Å². The van der Waals surface area contributed by atoms with Crippen LogP contribution < -0.4 is 0 Å². The van der Waals surface area contributed by atoms with Gasteiger partial charge in [-0.3, -0.25) is 10.2 Å². The third-order valence-corrected chi connectivity index (χ3v) is 7.15. The molecule has 1 fully saturated rings. The van der Waals surface area contributed by atoms with Crippen molar-refractivity contribution < 1.29 is 4.79 Å². The smallest absolute Gasteiger partial charge is 0.283 e. The fourth-order valence-electron chi connectivity index (χ4n) is 4.53. The van der Waals surface area contributed by atoms with Crippen LogP contribution in [0, 0.1) is 33.1 Å². The molecule has 0 unspecified atom stereocenters. The van der Waals surface area contributed by atoms with E-state index in [0.717, 1.165) is 53.7 Å². The molecular formula is C24H26N6OS. The Morgan fingerprint density at radius 2 is 1.81 bits per heavy atom. The maximum absolute atomic E-state index is 12.8. The van der Waals surface area contributed by atoms with Crippen LogP contribution in [0.3, 0.4) is 0 Å². The summed E-state index contributed by atoms with van der Waals surface area (Å²) in [6, 6.07) is 8.46. The van der Waals surface area contributed by atoms with Crippen LogP contribution in [-0.2, 0) is 4.79 Å². The number of aryl methyl sites for hydroxylation is 3. The fourth-order valence-corrected chi connectivity index (χ4v) is 5.48. The van der Waals surface area contributed by atoms with Crippen molar-refractivity contribution in [2.45, 2.75) is 40.5 Å². The van der Waals surface area contributed by atoms with Gasteiger partial charge in [0, 0.05) is 30.2 Å². The van der Waals surface area contributed by atoms with Gasteiger partial charge in [0.25, 0.3) is 5.91 Å². The number of hydrogen-bond acceptors (Lipinski definition) is 5. The van der Waals surface area contributed by atoms with Crippen molar-refractivity contribution in [3.05, 3.63) is 57.9 Å². The molecule has 3 aliphatic rings. The Kier molecular flexibility index (Phi) is 5.04. The molecule has 5 rings (SSSR count). The number of rotatable bonds is 2. The van der Waals surface area contributed by atoms with E-state index >= 15 is 0 Å². The second kappa shape index (κ2) is 7.78. The molecule has 164 valence electrons. The lowest BCUT2D eigenvalue weighted by atomic mass is 10.1. The van der Waals surface area contributed by atoms with E-state index in [-0.39, 0.29) is 17.3 Å². The molecule has 1 aromatic heterocycles. The number of likely N-dealkylation sites (tertiary alicyclic amines) is 1. The Bertz CT molecular complexity index is 1250. The van der Waals surface area contributed by atoms with Crippen LogP contribution in [-0.4, -0.2) is 49.6 Å². The summed E-state index contributed by atoms with van der Waals surface area (Å²) < 4.78 is 2.20. The number of thioether (sulfide) groups is 1. The molecule has 1 aromatic carbocycles. The first-order valence-electron chi connectivity index (χ1n) is 10.9. The standard InChI is InChI=1S/C24H26N6OS/c1-14-7-8-20(15(2)11-14)29-16(3)12-18(17(29)4)13-19-21(25)30-23(26-22(19)31)32-24(27-30)28-9-5-6-10-28/h7-8,11-13,25H,5-6,9-10H2,1-4H3/b19-13-,25-21?. The quantitative estimate of drug-likeness (QED) is 0.695. The lowest BCUT2D eigenvalue weighted by Crippen LogP contribution is -2.35. The average molecular weight is 447 g/mol. The van der Waals surface area contributed by atoms with E-state index in [2.05, 4.69) is 64.6 Å². The van der Waals surface area contributed by atoms with E-state index in [1.54, 1.807) is 6.08 Å². The van der Waals surface area contributed by atoms with Crippen LogP contribution in [0.2, 0.25) is 0 Å². The number of aliphatic imine (C=N–C) groups is 1. The summed E-state index contributed by atoms with van der Waals surface area (Å²) >= 11 is 1.38. The number of nitrogens with zero attached hydrogens (tertiary/aromatic N) is 5. The Hall–Kier alpha value is -3.13. The first-order chi connectivity index (χ1) is 15.3. The summed E-state index contributed by atoms with van der Waals surface area (Å²) in [5.41, 5.74) is 6.81. The molecule has 8 heteroatoms. The second-order valence-corrected chi connectivity index (χ2v) is 9.48. The van der Waals surface area contributed by atoms with Crippen LogP contribution in [0.4, 0.5) is 0 Å². The van der Waals surface area contributed by atoms with Crippen molar-refractivity contribution in [1.82, 2.24) is 14.5 Å². The Morgan fingerprint density at radius 3 is 2.53 bits per heavy atom. The monoisotopic (exact) mass is 446 g/mol. The minimum atomic E-state index is -0.386. The molecule has 1 amide bonds. The molecule has 0 radical (unpaired) electrons. The van der Waals surface area contributed by atoms with E-state index in [4.69, 9.17) is 5.41 Å². The molecular weight excluding hydrogens is 420 g/mol. The topological polar surface area (TPSA) is 77.1 Å². The van der Waals surface area contributed by atoms with Gasteiger partial charge < -0.3 is 9.47 Å². The second-order valence-electron chi connectivity index (χ2n) is 8.55. The number of hydrazone groups is 1. The molecule has 3 aliphatic heterocycles. The van der Waals surface area contributed by atoms with Crippen LogP contribution in [0.1, 0.15) is 40.9 Å². The molecule has 32 heavy (non-hydrogen) atoms. The van der Waals surface area contributed by atoms with Gasteiger partial charge in [-0.05, 0) is 81.6 Å². The molecule has 4 heterocycles. The zero-order valence-corrected chi connectivity index (χ0v) is 19.6. The highest BCUT2D eigenvalue weighted by Gasteiger charge is 2.37. The predicted octanol–water partition coefficient (Wildman–Crippen LogP) is 4.38. The van der Waals surface area contributed by atoms with Gasteiger partial charge in [-0.25, -0.2) is 0 Å². The fraction of sp³-hybridized carbons (Fsp3) is 0.333. The maximum atomic E-state index is 12.8. The number of amidine groups is 3. The number of carbonyl (C=O) groups excluding carboxylic acids is 1. The van der Waals surface area contributed by atoms with Crippen LogP contribution in [0.15, 0.2) is 39.9 Å². The Balaban J connectivity index is 1.51. The number of fused-ring (bicyclic) bond motifs is 1. The number of amides is 1. The summed E-state index contributed by atoms with van der Waals surface area (Å²) in [4.78, 5) is 19.3. The molecule has 1 N–H and O–H groups in total. The number of carbonyl (C=O) groups is 1. The van der Waals surface area contributed by atoms with Gasteiger partial charge >= 0.3 is 0 Å². The zero-order valence-electron chi connectivity index (χ0n) is 18.8. The molecule has 0 spiro atoms. The number of nitrogens with one attached hydrogen (secondary N) is 1. The van der Waals surface area contributed by atoms with Gasteiger partial charge in [0.15, 0.2) is 11.0 Å². The predicted molar refractivity (Wildman–Crippen MR) is 131 cm³/mol. The lowest BCUT2D eigenvalue weighted by molar-refractivity contribution is -0.114. The lowest BCUT2D eigenvalue weighted by Gasteiger charge is -2.20. The molecule has 2 aromatic rings. The molecule has 0 atom stereocenters. The van der Waals surface area contributed by atoms with Gasteiger partial charge in [0.1, 0.15) is 0 Å². The summed E-state index contributed by atoms with van der Waals surface area (Å²) in [6.45, 7) is 10.2. The van der Waals surface area contributed by atoms with Crippen molar-refractivity contribution in [3.63, 3.8) is 0 Å². The van der Waals surface area contributed by atoms with Crippen LogP contribution >= 0.6 is 11.8 Å². The minimum Gasteiger partial charge on any atom is -0.349 e. The van der Waals surface area contributed by atoms with Crippen LogP contribution in [0.5, 0.6) is 0 Å². The summed E-state index contributed by atoms with van der Waals surface area (Å²) in [6.07, 6.45) is 4.06. The molecule has 1 saturated heterocycles. The van der Waals surface area contributed by atoms with Gasteiger partial charge in [0.2, 0.25) is 5.17 Å². The highest BCUT2D eigenvalue weighted by Crippen LogP contribution is 2.32. The van der Waals surface area contributed by atoms with Crippen LogP contribution in [0.25, 0.3) is 11.8 Å². The number of benzene rings is 1.